The number of aromatic nitrogens is 2. The van der Waals surface area contributed by atoms with E-state index >= 15 is 0 Å². The summed E-state index contributed by atoms with van der Waals surface area (Å²) < 4.78 is 0. The number of fused-ring (bicyclic) bond motifs is 1. The minimum absolute atomic E-state index is 0.0307. The van der Waals surface area contributed by atoms with Crippen LogP contribution in [0.4, 0.5) is 11.6 Å². The quantitative estimate of drug-likeness (QED) is 0.751. The summed E-state index contributed by atoms with van der Waals surface area (Å²) in [6.07, 6.45) is 1.90. The molecule has 1 fully saturated rings. The van der Waals surface area contributed by atoms with Crippen molar-refractivity contribution in [2.45, 2.75) is 26.7 Å². The van der Waals surface area contributed by atoms with Gasteiger partial charge in [-0.3, -0.25) is 4.79 Å². The van der Waals surface area contributed by atoms with Crippen molar-refractivity contribution in [2.24, 2.45) is 5.92 Å². The van der Waals surface area contributed by atoms with E-state index in [1.165, 1.54) is 5.56 Å². The summed E-state index contributed by atoms with van der Waals surface area (Å²) >= 11 is 0. The van der Waals surface area contributed by atoms with Gasteiger partial charge in [-0.1, -0.05) is 24.3 Å². The molecule has 2 N–H and O–H groups in total. The van der Waals surface area contributed by atoms with Crippen LogP contribution in [-0.4, -0.2) is 29.0 Å². The molecule has 1 saturated heterocycles. The number of para-hydroxylation sites is 2. The van der Waals surface area contributed by atoms with Crippen molar-refractivity contribution in [3.8, 4) is 0 Å². The van der Waals surface area contributed by atoms with Crippen LogP contribution in [0.3, 0.4) is 0 Å². The second-order valence-corrected chi connectivity index (χ2v) is 7.10. The smallest absolute Gasteiger partial charge is 0.229 e. The van der Waals surface area contributed by atoms with Crippen molar-refractivity contribution < 1.29 is 4.79 Å². The molecule has 0 bridgehead atoms. The molecule has 1 amide bonds. The first kappa shape index (κ1) is 16.6. The maximum Gasteiger partial charge on any atom is 0.229 e. The second-order valence-electron chi connectivity index (χ2n) is 7.10. The number of anilines is 2. The Hall–Kier alpha value is -2.82. The van der Waals surface area contributed by atoms with Gasteiger partial charge in [0.05, 0.1) is 17.0 Å². The predicted molar refractivity (Wildman–Crippen MR) is 106 cm³/mol. The van der Waals surface area contributed by atoms with Gasteiger partial charge in [-0.25, -0.2) is 4.98 Å². The van der Waals surface area contributed by atoms with Gasteiger partial charge in [-0.15, -0.1) is 0 Å². The van der Waals surface area contributed by atoms with Crippen molar-refractivity contribution in [3.05, 3.63) is 53.6 Å². The van der Waals surface area contributed by atoms with Gasteiger partial charge >= 0.3 is 0 Å². The number of H-pyrrole nitrogens is 1. The molecule has 2 heterocycles. The Labute approximate surface area is 153 Å². The Bertz CT molecular complexity index is 913. The number of rotatable bonds is 3. The molecule has 1 atom stereocenters. The highest BCUT2D eigenvalue weighted by molar-refractivity contribution is 5.94. The maximum absolute atomic E-state index is 12.8. The fourth-order valence-electron chi connectivity index (χ4n) is 3.59. The van der Waals surface area contributed by atoms with E-state index in [2.05, 4.69) is 33.2 Å². The molecule has 5 heteroatoms. The minimum Gasteiger partial charge on any atom is -0.342 e. The zero-order valence-corrected chi connectivity index (χ0v) is 15.2. The van der Waals surface area contributed by atoms with Crippen LogP contribution in [0.1, 0.15) is 24.0 Å². The maximum atomic E-state index is 12.8. The third-order valence-electron chi connectivity index (χ3n) is 5.33. The molecule has 1 aliphatic heterocycles. The Kier molecular flexibility index (Phi) is 4.37. The standard InChI is InChI=1S/C21H24N4O/c1-14-7-5-11-17(15(14)2)22-20(26)16-8-6-12-25(13-16)21-23-18-9-3-4-10-19(18)24-21/h3-5,7,9-11,16H,6,8,12-13H2,1-2H3,(H,22,26)(H,23,24)/t16-/m0/s1. The van der Waals surface area contributed by atoms with Crippen LogP contribution in [0.25, 0.3) is 11.0 Å². The minimum atomic E-state index is -0.0307. The lowest BCUT2D eigenvalue weighted by Crippen LogP contribution is -2.41. The molecular formula is C21H24N4O. The fraction of sp³-hybridized carbons (Fsp3) is 0.333. The highest BCUT2D eigenvalue weighted by Crippen LogP contribution is 2.25. The topological polar surface area (TPSA) is 61.0 Å². The molecule has 0 spiro atoms. The van der Waals surface area contributed by atoms with Crippen LogP contribution in [-0.2, 0) is 4.79 Å². The van der Waals surface area contributed by atoms with Crippen molar-refractivity contribution >= 4 is 28.6 Å². The third kappa shape index (κ3) is 3.17. The normalized spacial score (nSPS) is 17.5. The Morgan fingerprint density at radius 1 is 1.19 bits per heavy atom. The van der Waals surface area contributed by atoms with E-state index in [0.29, 0.717) is 6.54 Å². The van der Waals surface area contributed by atoms with Crippen LogP contribution in [0.2, 0.25) is 0 Å². The van der Waals surface area contributed by atoms with Gasteiger partial charge in [0.15, 0.2) is 0 Å². The lowest BCUT2D eigenvalue weighted by molar-refractivity contribution is -0.120. The van der Waals surface area contributed by atoms with Crippen LogP contribution >= 0.6 is 0 Å². The zero-order chi connectivity index (χ0) is 18.1. The Morgan fingerprint density at radius 3 is 2.88 bits per heavy atom. The summed E-state index contributed by atoms with van der Waals surface area (Å²) in [4.78, 5) is 23.1. The Balaban J connectivity index is 1.49. The molecule has 0 aliphatic carbocycles. The van der Waals surface area contributed by atoms with E-state index in [1.54, 1.807) is 0 Å². The molecule has 1 aliphatic rings. The number of hydrogen-bond donors (Lipinski definition) is 2. The number of aromatic amines is 1. The number of amides is 1. The largest absolute Gasteiger partial charge is 0.342 e. The number of nitrogens with zero attached hydrogens (tertiary/aromatic N) is 2. The van der Waals surface area contributed by atoms with E-state index < -0.39 is 0 Å². The molecule has 0 radical (unpaired) electrons. The summed E-state index contributed by atoms with van der Waals surface area (Å²) in [6, 6.07) is 14.0. The summed E-state index contributed by atoms with van der Waals surface area (Å²) in [5.41, 5.74) is 5.23. The third-order valence-corrected chi connectivity index (χ3v) is 5.33. The molecule has 134 valence electrons. The van der Waals surface area contributed by atoms with E-state index in [-0.39, 0.29) is 11.8 Å². The molecule has 5 nitrogen and oxygen atoms in total. The predicted octanol–water partition coefficient (Wildman–Crippen LogP) is 4.03. The number of hydrogen-bond acceptors (Lipinski definition) is 3. The lowest BCUT2D eigenvalue weighted by Gasteiger charge is -2.31. The van der Waals surface area contributed by atoms with E-state index in [1.807, 2.05) is 43.3 Å². The first-order chi connectivity index (χ1) is 12.6. The van der Waals surface area contributed by atoms with Gasteiger partial charge in [-0.05, 0) is 56.0 Å². The molecule has 0 saturated carbocycles. The van der Waals surface area contributed by atoms with Crippen LogP contribution < -0.4 is 10.2 Å². The van der Waals surface area contributed by atoms with Crippen LogP contribution in [0.5, 0.6) is 0 Å². The van der Waals surface area contributed by atoms with Gasteiger partial charge in [0.1, 0.15) is 0 Å². The van der Waals surface area contributed by atoms with Gasteiger partial charge in [0.25, 0.3) is 0 Å². The first-order valence-corrected chi connectivity index (χ1v) is 9.18. The number of benzene rings is 2. The Morgan fingerprint density at radius 2 is 2.04 bits per heavy atom. The summed E-state index contributed by atoms with van der Waals surface area (Å²) in [7, 11) is 0. The lowest BCUT2D eigenvalue weighted by atomic mass is 9.97. The monoisotopic (exact) mass is 348 g/mol. The number of carbonyl (C=O) groups is 1. The van der Waals surface area contributed by atoms with Crippen molar-refractivity contribution in [3.63, 3.8) is 0 Å². The van der Waals surface area contributed by atoms with Gasteiger partial charge in [0, 0.05) is 18.8 Å². The number of nitrogens with one attached hydrogen (secondary N) is 2. The van der Waals surface area contributed by atoms with Crippen LogP contribution in [0, 0.1) is 19.8 Å². The number of carbonyl (C=O) groups excluding carboxylic acids is 1. The summed E-state index contributed by atoms with van der Waals surface area (Å²) in [5.74, 6) is 0.923. The fourth-order valence-corrected chi connectivity index (χ4v) is 3.59. The van der Waals surface area contributed by atoms with Crippen LogP contribution in [0.15, 0.2) is 42.5 Å². The number of piperidine rings is 1. The summed E-state index contributed by atoms with van der Waals surface area (Å²) in [6.45, 7) is 5.73. The highest BCUT2D eigenvalue weighted by atomic mass is 16.1. The average Bonchev–Trinajstić information content (AvgIpc) is 3.10. The SMILES string of the molecule is Cc1cccc(NC(=O)[C@H]2CCCN(c3nc4ccccc4[nH]3)C2)c1C. The molecule has 1 aromatic heterocycles. The van der Waals surface area contributed by atoms with E-state index in [4.69, 9.17) is 0 Å². The zero-order valence-electron chi connectivity index (χ0n) is 15.2. The van der Waals surface area contributed by atoms with Crippen molar-refractivity contribution in [1.29, 1.82) is 0 Å². The summed E-state index contributed by atoms with van der Waals surface area (Å²) in [5, 5.41) is 3.12. The molecule has 4 rings (SSSR count). The van der Waals surface area contributed by atoms with Crippen molar-refractivity contribution in [2.75, 3.05) is 23.3 Å². The van der Waals surface area contributed by atoms with Gasteiger partial charge < -0.3 is 15.2 Å². The average molecular weight is 348 g/mol. The van der Waals surface area contributed by atoms with Crippen molar-refractivity contribution in [1.82, 2.24) is 9.97 Å². The molecule has 0 unspecified atom stereocenters. The first-order valence-electron chi connectivity index (χ1n) is 9.18. The van der Waals surface area contributed by atoms with E-state index in [9.17, 15) is 4.79 Å². The molecule has 3 aromatic rings. The second kappa shape index (κ2) is 6.83. The highest BCUT2D eigenvalue weighted by Gasteiger charge is 2.27. The van der Waals surface area contributed by atoms with Gasteiger partial charge in [-0.2, -0.15) is 0 Å². The number of aryl methyl sites for hydroxylation is 1. The molecular weight excluding hydrogens is 324 g/mol. The molecule has 2 aromatic carbocycles. The van der Waals surface area contributed by atoms with Gasteiger partial charge in [0.2, 0.25) is 11.9 Å². The van der Waals surface area contributed by atoms with E-state index in [0.717, 1.165) is 47.6 Å². The molecule has 26 heavy (non-hydrogen) atoms. The number of imidazole rings is 1.